The van der Waals surface area contributed by atoms with Crippen molar-refractivity contribution < 1.29 is 4.79 Å². The topological polar surface area (TPSA) is 17.1 Å². The van der Waals surface area contributed by atoms with Crippen LogP contribution in [0.4, 0.5) is 0 Å². The fourth-order valence-electron chi connectivity index (χ4n) is 1.63. The van der Waals surface area contributed by atoms with Gasteiger partial charge in [-0.15, -0.1) is 11.3 Å². The van der Waals surface area contributed by atoms with Crippen molar-refractivity contribution in [2.75, 3.05) is 0 Å². The second-order valence-corrected chi connectivity index (χ2v) is 5.27. The van der Waals surface area contributed by atoms with Crippen LogP contribution in [0.15, 0.2) is 27.6 Å². The molecular weight excluding hydrogens is 260 g/mol. The minimum atomic E-state index is 0.297. The highest BCUT2D eigenvalue weighted by Crippen LogP contribution is 2.26. The van der Waals surface area contributed by atoms with Gasteiger partial charge in [0.1, 0.15) is 0 Å². The summed E-state index contributed by atoms with van der Waals surface area (Å²) >= 11 is 5.08. The van der Waals surface area contributed by atoms with Crippen molar-refractivity contribution >= 4 is 33.0 Å². The highest BCUT2D eigenvalue weighted by Gasteiger charge is 2.15. The molecule has 3 heteroatoms. The van der Waals surface area contributed by atoms with E-state index in [2.05, 4.69) is 22.0 Å². The van der Waals surface area contributed by atoms with Crippen LogP contribution in [0.3, 0.4) is 0 Å². The van der Waals surface area contributed by atoms with Crippen LogP contribution < -0.4 is 0 Å². The third kappa shape index (κ3) is 2.15. The monoisotopic (exact) mass is 270 g/mol. The minimum Gasteiger partial charge on any atom is -0.294 e. The van der Waals surface area contributed by atoms with Gasteiger partial charge in [-0.2, -0.15) is 0 Å². The van der Waals surface area contributed by atoms with Crippen LogP contribution >= 0.6 is 27.3 Å². The summed E-state index contributed by atoms with van der Waals surface area (Å²) in [6, 6.07) is 2.00. The van der Waals surface area contributed by atoms with Crippen LogP contribution in [0.1, 0.15) is 24.1 Å². The zero-order valence-electron chi connectivity index (χ0n) is 7.75. The van der Waals surface area contributed by atoms with Gasteiger partial charge in [0.2, 0.25) is 0 Å². The standard InChI is InChI=1S/C11H11BrOS/c12-9-5-6-14-11(9)7-10(13)8-3-1-2-4-8/h3,5-6H,1-2,4,7H2. The Labute approximate surface area is 96.0 Å². The molecule has 14 heavy (non-hydrogen) atoms. The third-order valence-electron chi connectivity index (χ3n) is 2.41. The van der Waals surface area contributed by atoms with Gasteiger partial charge >= 0.3 is 0 Å². The van der Waals surface area contributed by atoms with E-state index in [9.17, 15) is 4.79 Å². The summed E-state index contributed by atoms with van der Waals surface area (Å²) < 4.78 is 1.06. The summed E-state index contributed by atoms with van der Waals surface area (Å²) in [4.78, 5) is 12.9. The molecule has 0 aromatic carbocycles. The van der Waals surface area contributed by atoms with E-state index in [-0.39, 0.29) is 0 Å². The molecule has 0 atom stereocenters. The van der Waals surface area contributed by atoms with E-state index in [1.54, 1.807) is 11.3 Å². The zero-order chi connectivity index (χ0) is 9.97. The molecule has 1 heterocycles. The molecule has 0 radical (unpaired) electrons. The van der Waals surface area contributed by atoms with Crippen LogP contribution in [0.5, 0.6) is 0 Å². The summed E-state index contributed by atoms with van der Waals surface area (Å²) in [5.74, 6) is 0.297. The van der Waals surface area contributed by atoms with Gasteiger partial charge < -0.3 is 0 Å². The van der Waals surface area contributed by atoms with Crippen molar-refractivity contribution in [2.45, 2.75) is 25.7 Å². The molecule has 0 bridgehead atoms. The van der Waals surface area contributed by atoms with Crippen molar-refractivity contribution in [3.63, 3.8) is 0 Å². The summed E-state index contributed by atoms with van der Waals surface area (Å²) in [6.45, 7) is 0. The Balaban J connectivity index is 2.04. The van der Waals surface area contributed by atoms with Gasteiger partial charge in [-0.1, -0.05) is 6.08 Å². The first-order valence-corrected chi connectivity index (χ1v) is 6.39. The molecule has 0 N–H and O–H groups in total. The van der Waals surface area contributed by atoms with Crippen LogP contribution in [0.25, 0.3) is 0 Å². The lowest BCUT2D eigenvalue weighted by Crippen LogP contribution is -2.03. The van der Waals surface area contributed by atoms with Crippen molar-refractivity contribution in [1.82, 2.24) is 0 Å². The molecule has 0 unspecified atom stereocenters. The Morgan fingerprint density at radius 2 is 2.43 bits per heavy atom. The fourth-order valence-corrected chi connectivity index (χ4v) is 3.13. The van der Waals surface area contributed by atoms with Crippen LogP contribution in [-0.2, 0) is 11.2 Å². The smallest absolute Gasteiger partial charge is 0.163 e. The summed E-state index contributed by atoms with van der Waals surface area (Å²) in [7, 11) is 0. The first-order valence-electron chi connectivity index (χ1n) is 4.71. The predicted octanol–water partition coefficient (Wildman–Crippen LogP) is 3.73. The quantitative estimate of drug-likeness (QED) is 0.818. The first-order chi connectivity index (χ1) is 6.77. The van der Waals surface area contributed by atoms with Crippen LogP contribution in [-0.4, -0.2) is 5.78 Å². The van der Waals surface area contributed by atoms with Gasteiger partial charge in [-0.05, 0) is 52.2 Å². The van der Waals surface area contributed by atoms with E-state index in [1.165, 1.54) is 0 Å². The predicted molar refractivity (Wildman–Crippen MR) is 62.7 cm³/mol. The van der Waals surface area contributed by atoms with Gasteiger partial charge in [0.15, 0.2) is 5.78 Å². The molecule has 74 valence electrons. The lowest BCUT2D eigenvalue weighted by molar-refractivity contribution is -0.115. The molecule has 1 aromatic heterocycles. The Morgan fingerprint density at radius 3 is 3.00 bits per heavy atom. The molecule has 1 aromatic rings. The van der Waals surface area contributed by atoms with E-state index in [4.69, 9.17) is 0 Å². The Kier molecular flexibility index (Phi) is 3.19. The molecular formula is C11H11BrOS. The number of carbonyl (C=O) groups is 1. The number of hydrogen-bond acceptors (Lipinski definition) is 2. The van der Waals surface area contributed by atoms with E-state index in [0.717, 1.165) is 34.2 Å². The summed E-state index contributed by atoms with van der Waals surface area (Å²) in [6.07, 6.45) is 5.84. The third-order valence-corrected chi connectivity index (χ3v) is 4.34. The summed E-state index contributed by atoms with van der Waals surface area (Å²) in [5, 5.41) is 2.01. The molecule has 0 spiro atoms. The molecule has 0 amide bonds. The molecule has 1 nitrogen and oxygen atoms in total. The van der Waals surface area contributed by atoms with Gasteiger partial charge in [0.05, 0.1) is 0 Å². The maximum absolute atomic E-state index is 11.8. The number of carbonyl (C=O) groups excluding carboxylic acids is 1. The number of ketones is 1. The van der Waals surface area contributed by atoms with Crippen LogP contribution in [0, 0.1) is 0 Å². The molecule has 2 rings (SSSR count). The van der Waals surface area contributed by atoms with Gasteiger partial charge in [0, 0.05) is 15.8 Å². The minimum absolute atomic E-state index is 0.297. The van der Waals surface area contributed by atoms with E-state index in [0.29, 0.717) is 12.2 Å². The Bertz CT molecular complexity index is 378. The van der Waals surface area contributed by atoms with Crippen molar-refractivity contribution in [3.8, 4) is 0 Å². The first kappa shape index (κ1) is 10.1. The fraction of sp³-hybridized carbons (Fsp3) is 0.364. The highest BCUT2D eigenvalue weighted by atomic mass is 79.9. The maximum Gasteiger partial charge on any atom is 0.163 e. The number of Topliss-reactive ketones (excluding diaryl/α,β-unsaturated/α-hetero) is 1. The van der Waals surface area contributed by atoms with Gasteiger partial charge in [-0.3, -0.25) is 4.79 Å². The molecule has 0 aliphatic heterocycles. The number of hydrogen-bond donors (Lipinski definition) is 0. The second kappa shape index (κ2) is 4.41. The highest BCUT2D eigenvalue weighted by molar-refractivity contribution is 9.10. The normalized spacial score (nSPS) is 15.6. The van der Waals surface area contributed by atoms with Gasteiger partial charge in [0.25, 0.3) is 0 Å². The molecule has 1 aliphatic rings. The average Bonchev–Trinajstić information content (AvgIpc) is 2.77. The summed E-state index contributed by atoms with van der Waals surface area (Å²) in [5.41, 5.74) is 1.03. The average molecular weight is 271 g/mol. The molecule has 1 aliphatic carbocycles. The number of rotatable bonds is 3. The zero-order valence-corrected chi connectivity index (χ0v) is 10.2. The van der Waals surface area contributed by atoms with Gasteiger partial charge in [-0.25, -0.2) is 0 Å². The van der Waals surface area contributed by atoms with Crippen LogP contribution in [0.2, 0.25) is 0 Å². The Hall–Kier alpha value is -0.410. The maximum atomic E-state index is 11.8. The largest absolute Gasteiger partial charge is 0.294 e. The lowest BCUT2D eigenvalue weighted by atomic mass is 10.1. The lowest BCUT2D eigenvalue weighted by Gasteiger charge is -1.99. The van der Waals surface area contributed by atoms with E-state index >= 15 is 0 Å². The number of allylic oxidation sites excluding steroid dienone is 2. The molecule has 0 saturated heterocycles. The SMILES string of the molecule is O=C(Cc1sccc1Br)C1=CCCC1. The number of thiophene rings is 1. The molecule has 0 saturated carbocycles. The van der Waals surface area contributed by atoms with Crippen molar-refractivity contribution in [3.05, 3.63) is 32.4 Å². The van der Waals surface area contributed by atoms with Crippen molar-refractivity contribution in [1.29, 1.82) is 0 Å². The van der Waals surface area contributed by atoms with E-state index < -0.39 is 0 Å². The number of halogens is 1. The van der Waals surface area contributed by atoms with E-state index in [1.807, 2.05) is 11.4 Å². The Morgan fingerprint density at radius 1 is 1.57 bits per heavy atom. The molecule has 0 fully saturated rings. The second-order valence-electron chi connectivity index (χ2n) is 3.41. The van der Waals surface area contributed by atoms with Crippen molar-refractivity contribution in [2.24, 2.45) is 0 Å².